The number of benzene rings is 1. The van der Waals surface area contributed by atoms with E-state index in [1.165, 1.54) is 0 Å². The van der Waals surface area contributed by atoms with E-state index in [0.29, 0.717) is 6.54 Å². The number of carbonyl (C=O) groups is 2. The molecule has 138 valence electrons. The topological polar surface area (TPSA) is 73.9 Å². The number of nitrogens with one attached hydrogen (secondary N) is 2. The first-order chi connectivity index (χ1) is 11.7. The molecule has 0 unspecified atom stereocenters. The Morgan fingerprint density at radius 2 is 1.68 bits per heavy atom. The van der Waals surface area contributed by atoms with Crippen LogP contribution in [0.2, 0.25) is 0 Å². The summed E-state index contributed by atoms with van der Waals surface area (Å²) in [6.07, 6.45) is -0.444. The van der Waals surface area contributed by atoms with Gasteiger partial charge >= 0.3 is 12.1 Å². The van der Waals surface area contributed by atoms with Crippen LogP contribution in [-0.4, -0.2) is 60.8 Å². The van der Waals surface area contributed by atoms with Crippen molar-refractivity contribution in [3.05, 3.63) is 29.8 Å². The van der Waals surface area contributed by atoms with Crippen LogP contribution in [0.3, 0.4) is 0 Å². The van der Waals surface area contributed by atoms with Crippen molar-refractivity contribution in [2.75, 3.05) is 38.5 Å². The average molecular weight is 348 g/mol. The number of hydrogen-bond donors (Lipinski definition) is 2. The Bertz CT molecular complexity index is 587. The van der Waals surface area contributed by atoms with Gasteiger partial charge < -0.3 is 25.2 Å². The summed E-state index contributed by atoms with van der Waals surface area (Å²) in [5.74, 6) is 0. The molecule has 7 heteroatoms. The van der Waals surface area contributed by atoms with Gasteiger partial charge in [-0.15, -0.1) is 0 Å². The van der Waals surface area contributed by atoms with Gasteiger partial charge in [0.15, 0.2) is 0 Å². The molecule has 0 saturated carbocycles. The molecule has 0 radical (unpaired) electrons. The second kappa shape index (κ2) is 8.20. The van der Waals surface area contributed by atoms with Crippen LogP contribution in [0.15, 0.2) is 24.3 Å². The molecule has 1 fully saturated rings. The minimum atomic E-state index is -0.512. The van der Waals surface area contributed by atoms with Crippen molar-refractivity contribution in [2.45, 2.75) is 32.9 Å². The molecule has 0 bridgehead atoms. The van der Waals surface area contributed by atoms with Gasteiger partial charge in [0.2, 0.25) is 0 Å². The van der Waals surface area contributed by atoms with Crippen molar-refractivity contribution in [2.24, 2.45) is 0 Å². The third-order valence-corrected chi connectivity index (χ3v) is 3.83. The molecule has 1 aromatic carbocycles. The fourth-order valence-electron chi connectivity index (χ4n) is 2.41. The number of amides is 3. The van der Waals surface area contributed by atoms with Gasteiger partial charge in [0.1, 0.15) is 5.60 Å². The third kappa shape index (κ3) is 6.62. The van der Waals surface area contributed by atoms with Gasteiger partial charge in [-0.05, 0) is 45.5 Å². The standard InChI is InChI=1S/C18H28N4O3/c1-18(2,3)25-17(24)19-13-14-5-7-15(8-6-14)20-16(23)22-11-9-21(4)10-12-22/h5-8H,9-13H2,1-4H3,(H,19,24)(H,20,23). The first-order valence-corrected chi connectivity index (χ1v) is 8.53. The smallest absolute Gasteiger partial charge is 0.407 e. The van der Waals surface area contributed by atoms with Gasteiger partial charge in [0.25, 0.3) is 0 Å². The summed E-state index contributed by atoms with van der Waals surface area (Å²) < 4.78 is 5.19. The van der Waals surface area contributed by atoms with Crippen molar-refractivity contribution in [1.29, 1.82) is 0 Å². The van der Waals surface area contributed by atoms with Gasteiger partial charge in [-0.3, -0.25) is 0 Å². The second-order valence-corrected chi connectivity index (χ2v) is 7.27. The molecule has 1 aliphatic rings. The maximum Gasteiger partial charge on any atom is 0.407 e. The van der Waals surface area contributed by atoms with Gasteiger partial charge in [-0.1, -0.05) is 12.1 Å². The number of rotatable bonds is 3. The van der Waals surface area contributed by atoms with Crippen LogP contribution < -0.4 is 10.6 Å². The monoisotopic (exact) mass is 348 g/mol. The lowest BCUT2D eigenvalue weighted by molar-refractivity contribution is 0.0523. The van der Waals surface area contributed by atoms with E-state index < -0.39 is 11.7 Å². The van der Waals surface area contributed by atoms with Crippen molar-refractivity contribution in [3.8, 4) is 0 Å². The number of anilines is 1. The Labute approximate surface area is 149 Å². The van der Waals surface area contributed by atoms with E-state index in [0.717, 1.165) is 37.4 Å². The van der Waals surface area contributed by atoms with Crippen LogP contribution in [0.5, 0.6) is 0 Å². The maximum atomic E-state index is 12.2. The number of alkyl carbamates (subject to hydrolysis) is 1. The number of urea groups is 1. The lowest BCUT2D eigenvalue weighted by Gasteiger charge is -2.32. The molecule has 2 N–H and O–H groups in total. The average Bonchev–Trinajstić information content (AvgIpc) is 2.53. The molecular formula is C18H28N4O3. The van der Waals surface area contributed by atoms with E-state index in [1.54, 1.807) is 0 Å². The van der Waals surface area contributed by atoms with Crippen LogP contribution in [0.1, 0.15) is 26.3 Å². The zero-order chi connectivity index (χ0) is 18.4. The number of hydrogen-bond acceptors (Lipinski definition) is 4. The summed E-state index contributed by atoms with van der Waals surface area (Å²) >= 11 is 0. The second-order valence-electron chi connectivity index (χ2n) is 7.27. The van der Waals surface area contributed by atoms with Gasteiger partial charge in [-0.2, -0.15) is 0 Å². The Kier molecular flexibility index (Phi) is 6.25. The summed E-state index contributed by atoms with van der Waals surface area (Å²) in [7, 11) is 2.05. The quantitative estimate of drug-likeness (QED) is 0.880. The highest BCUT2D eigenvalue weighted by Gasteiger charge is 2.19. The van der Waals surface area contributed by atoms with Crippen LogP contribution >= 0.6 is 0 Å². The van der Waals surface area contributed by atoms with E-state index in [1.807, 2.05) is 49.9 Å². The van der Waals surface area contributed by atoms with Crippen LogP contribution in [-0.2, 0) is 11.3 Å². The van der Waals surface area contributed by atoms with E-state index in [4.69, 9.17) is 4.74 Å². The normalized spacial score (nSPS) is 15.6. The zero-order valence-electron chi connectivity index (χ0n) is 15.5. The van der Waals surface area contributed by atoms with E-state index in [9.17, 15) is 9.59 Å². The fraction of sp³-hybridized carbons (Fsp3) is 0.556. The van der Waals surface area contributed by atoms with Gasteiger partial charge in [-0.25, -0.2) is 9.59 Å². The predicted octanol–water partition coefficient (Wildman–Crippen LogP) is 2.49. The molecule has 25 heavy (non-hydrogen) atoms. The van der Waals surface area contributed by atoms with E-state index >= 15 is 0 Å². The highest BCUT2D eigenvalue weighted by Crippen LogP contribution is 2.12. The van der Waals surface area contributed by atoms with Crippen LogP contribution in [0.25, 0.3) is 0 Å². The summed E-state index contributed by atoms with van der Waals surface area (Å²) in [6.45, 7) is 9.10. The molecule has 0 atom stereocenters. The Morgan fingerprint density at radius 1 is 1.08 bits per heavy atom. The first kappa shape index (κ1) is 19.1. The molecule has 1 aliphatic heterocycles. The van der Waals surface area contributed by atoms with Crippen molar-refractivity contribution in [1.82, 2.24) is 15.1 Å². The van der Waals surface area contributed by atoms with Crippen LogP contribution in [0, 0.1) is 0 Å². The molecule has 0 spiro atoms. The van der Waals surface area contributed by atoms with Crippen LogP contribution in [0.4, 0.5) is 15.3 Å². The van der Waals surface area contributed by atoms with E-state index in [-0.39, 0.29) is 6.03 Å². The Morgan fingerprint density at radius 3 is 2.24 bits per heavy atom. The first-order valence-electron chi connectivity index (χ1n) is 8.53. The lowest BCUT2D eigenvalue weighted by atomic mass is 10.2. The number of ether oxygens (including phenoxy) is 1. The van der Waals surface area contributed by atoms with Crippen molar-refractivity contribution < 1.29 is 14.3 Å². The van der Waals surface area contributed by atoms with Gasteiger partial charge in [0, 0.05) is 38.4 Å². The highest BCUT2D eigenvalue weighted by atomic mass is 16.6. The third-order valence-electron chi connectivity index (χ3n) is 3.83. The van der Waals surface area contributed by atoms with Crippen molar-refractivity contribution in [3.63, 3.8) is 0 Å². The molecule has 0 aliphatic carbocycles. The minimum Gasteiger partial charge on any atom is -0.444 e. The molecule has 0 aromatic heterocycles. The Hall–Kier alpha value is -2.28. The van der Waals surface area contributed by atoms with Gasteiger partial charge in [0.05, 0.1) is 0 Å². The summed E-state index contributed by atoms with van der Waals surface area (Å²) in [5, 5.41) is 5.62. The van der Waals surface area contributed by atoms with E-state index in [2.05, 4.69) is 22.6 Å². The maximum absolute atomic E-state index is 12.2. The summed E-state index contributed by atoms with van der Waals surface area (Å²) in [5.41, 5.74) is 1.16. The minimum absolute atomic E-state index is 0.0762. The zero-order valence-corrected chi connectivity index (χ0v) is 15.5. The molecule has 2 rings (SSSR count). The molecular weight excluding hydrogens is 320 g/mol. The summed E-state index contributed by atoms with van der Waals surface area (Å²) in [4.78, 5) is 27.9. The predicted molar refractivity (Wildman–Crippen MR) is 97.6 cm³/mol. The Balaban J connectivity index is 1.79. The summed E-state index contributed by atoms with van der Waals surface area (Å²) in [6, 6.07) is 7.33. The SMILES string of the molecule is CN1CCN(C(=O)Nc2ccc(CNC(=O)OC(C)(C)C)cc2)CC1. The number of piperazine rings is 1. The molecule has 3 amide bonds. The fourth-order valence-corrected chi connectivity index (χ4v) is 2.41. The highest BCUT2D eigenvalue weighted by molar-refractivity contribution is 5.89. The number of likely N-dealkylation sites (N-methyl/N-ethyl adjacent to an activating group) is 1. The molecule has 1 aromatic rings. The molecule has 1 heterocycles. The lowest BCUT2D eigenvalue weighted by Crippen LogP contribution is -2.48. The van der Waals surface area contributed by atoms with Crippen molar-refractivity contribution >= 4 is 17.8 Å². The molecule has 7 nitrogen and oxygen atoms in total. The number of carbonyl (C=O) groups excluding carboxylic acids is 2. The molecule has 1 saturated heterocycles. The number of nitrogens with zero attached hydrogens (tertiary/aromatic N) is 2. The largest absolute Gasteiger partial charge is 0.444 e.